The monoisotopic (exact) mass is 399 g/mol. The van der Waals surface area contributed by atoms with Crippen molar-refractivity contribution in [2.75, 3.05) is 19.3 Å². The van der Waals surface area contributed by atoms with E-state index in [4.69, 9.17) is 0 Å². The summed E-state index contributed by atoms with van der Waals surface area (Å²) in [6, 6.07) is 4.18. The average Bonchev–Trinajstić information content (AvgIpc) is 2.60. The van der Waals surface area contributed by atoms with Crippen LogP contribution in [0.1, 0.15) is 57.6 Å². The van der Waals surface area contributed by atoms with Crippen molar-refractivity contribution < 1.29 is 12.8 Å². The molecule has 154 valence electrons. The molecule has 0 aromatic heterocycles. The van der Waals surface area contributed by atoms with E-state index in [-0.39, 0.29) is 18.1 Å². The maximum atomic E-state index is 13.6. The minimum Gasteiger partial charge on any atom is -0.357 e. The maximum Gasteiger partial charge on any atom is 0.191 e. The van der Waals surface area contributed by atoms with Crippen molar-refractivity contribution in [3.05, 3.63) is 35.1 Å². The molecule has 1 aromatic carbocycles. The molecule has 1 rings (SSSR count). The SMILES string of the molecule is CCCCC(CC)CNC(=NCc1cc(F)ccc1CS(C)(=O)=O)NCC. The summed E-state index contributed by atoms with van der Waals surface area (Å²) in [7, 11) is -3.20. The number of benzene rings is 1. The van der Waals surface area contributed by atoms with Crippen LogP contribution in [0.3, 0.4) is 0 Å². The molecule has 0 aliphatic carbocycles. The molecular formula is C20H34FN3O2S. The van der Waals surface area contributed by atoms with E-state index in [1.165, 1.54) is 43.7 Å². The summed E-state index contributed by atoms with van der Waals surface area (Å²) in [6.45, 7) is 8.15. The van der Waals surface area contributed by atoms with Crippen molar-refractivity contribution >= 4 is 15.8 Å². The van der Waals surface area contributed by atoms with Crippen LogP contribution in [-0.4, -0.2) is 33.7 Å². The Morgan fingerprint density at radius 2 is 1.93 bits per heavy atom. The number of unbranched alkanes of at least 4 members (excludes halogenated alkanes) is 1. The smallest absolute Gasteiger partial charge is 0.191 e. The number of nitrogens with zero attached hydrogens (tertiary/aromatic N) is 1. The molecule has 0 amide bonds. The van der Waals surface area contributed by atoms with Gasteiger partial charge in [-0.15, -0.1) is 0 Å². The lowest BCUT2D eigenvalue weighted by atomic mass is 9.99. The molecule has 1 aromatic rings. The van der Waals surface area contributed by atoms with Crippen molar-refractivity contribution in [3.63, 3.8) is 0 Å². The number of rotatable bonds is 11. The van der Waals surface area contributed by atoms with Crippen molar-refractivity contribution in [3.8, 4) is 0 Å². The van der Waals surface area contributed by atoms with Gasteiger partial charge in [-0.3, -0.25) is 0 Å². The standard InChI is InChI=1S/C20H34FN3O2S/c1-5-8-9-16(6-2)13-23-20(22-7-3)24-14-18-12-19(21)11-10-17(18)15-27(4,25)26/h10-12,16H,5-9,13-15H2,1-4H3,(H2,22,23,24). The Hall–Kier alpha value is -1.63. The molecule has 7 heteroatoms. The van der Waals surface area contributed by atoms with E-state index in [0.717, 1.165) is 19.5 Å². The third kappa shape index (κ3) is 9.75. The molecule has 2 N–H and O–H groups in total. The second kappa shape index (κ2) is 12.0. The fourth-order valence-electron chi connectivity index (χ4n) is 2.86. The summed E-state index contributed by atoms with van der Waals surface area (Å²) in [5, 5.41) is 6.56. The highest BCUT2D eigenvalue weighted by Gasteiger charge is 2.11. The molecule has 1 atom stereocenters. The van der Waals surface area contributed by atoms with Gasteiger partial charge in [-0.2, -0.15) is 0 Å². The molecule has 0 saturated carbocycles. The van der Waals surface area contributed by atoms with Crippen LogP contribution in [0.4, 0.5) is 4.39 Å². The summed E-state index contributed by atoms with van der Waals surface area (Å²) in [5.41, 5.74) is 1.18. The van der Waals surface area contributed by atoms with Crippen molar-refractivity contribution in [1.82, 2.24) is 10.6 Å². The van der Waals surface area contributed by atoms with Gasteiger partial charge in [-0.1, -0.05) is 39.2 Å². The van der Waals surface area contributed by atoms with E-state index >= 15 is 0 Å². The van der Waals surface area contributed by atoms with Gasteiger partial charge in [-0.05, 0) is 42.5 Å². The highest BCUT2D eigenvalue weighted by atomic mass is 32.2. The fraction of sp³-hybridized carbons (Fsp3) is 0.650. The Morgan fingerprint density at radius 3 is 2.52 bits per heavy atom. The molecule has 0 fully saturated rings. The summed E-state index contributed by atoms with van der Waals surface area (Å²) in [4.78, 5) is 4.53. The molecule has 0 heterocycles. The van der Waals surface area contributed by atoms with Gasteiger partial charge in [0.05, 0.1) is 12.3 Å². The molecule has 27 heavy (non-hydrogen) atoms. The first kappa shape index (κ1) is 23.4. The predicted octanol–water partition coefficient (Wildman–Crippen LogP) is 3.64. The normalized spacial score (nSPS) is 13.4. The van der Waals surface area contributed by atoms with E-state index in [0.29, 0.717) is 23.0 Å². The second-order valence-corrected chi connectivity index (χ2v) is 9.12. The van der Waals surface area contributed by atoms with Crippen LogP contribution in [0, 0.1) is 11.7 Å². The predicted molar refractivity (Wildman–Crippen MR) is 111 cm³/mol. The lowest BCUT2D eigenvalue weighted by Gasteiger charge is -2.18. The van der Waals surface area contributed by atoms with Gasteiger partial charge in [0.2, 0.25) is 0 Å². The highest BCUT2D eigenvalue weighted by Crippen LogP contribution is 2.16. The Kier molecular flexibility index (Phi) is 10.4. The number of halogens is 1. The summed E-state index contributed by atoms with van der Waals surface area (Å²) >= 11 is 0. The molecular weight excluding hydrogens is 365 g/mol. The molecule has 0 spiro atoms. The molecule has 1 unspecified atom stereocenters. The number of hydrogen-bond acceptors (Lipinski definition) is 3. The van der Waals surface area contributed by atoms with Crippen LogP contribution in [0.2, 0.25) is 0 Å². The molecule has 0 aliphatic heterocycles. The summed E-state index contributed by atoms with van der Waals surface area (Å²) < 4.78 is 36.9. The van der Waals surface area contributed by atoms with Crippen LogP contribution in [0.25, 0.3) is 0 Å². The van der Waals surface area contributed by atoms with Crippen LogP contribution in [-0.2, 0) is 22.1 Å². The average molecular weight is 400 g/mol. The van der Waals surface area contributed by atoms with E-state index in [9.17, 15) is 12.8 Å². The van der Waals surface area contributed by atoms with Gasteiger partial charge >= 0.3 is 0 Å². The maximum absolute atomic E-state index is 13.6. The lowest BCUT2D eigenvalue weighted by molar-refractivity contribution is 0.443. The van der Waals surface area contributed by atoms with E-state index in [1.54, 1.807) is 0 Å². The number of sulfone groups is 1. The molecule has 0 bridgehead atoms. The quantitative estimate of drug-likeness (QED) is 0.440. The topological polar surface area (TPSA) is 70.6 Å². The van der Waals surface area contributed by atoms with Gasteiger partial charge in [-0.25, -0.2) is 17.8 Å². The first-order valence-electron chi connectivity index (χ1n) is 9.76. The van der Waals surface area contributed by atoms with Crippen LogP contribution >= 0.6 is 0 Å². The number of hydrogen-bond donors (Lipinski definition) is 2. The number of guanidine groups is 1. The van der Waals surface area contributed by atoms with Crippen LogP contribution in [0.15, 0.2) is 23.2 Å². The number of nitrogens with one attached hydrogen (secondary N) is 2. The van der Waals surface area contributed by atoms with Gasteiger partial charge < -0.3 is 10.6 Å². The van der Waals surface area contributed by atoms with Gasteiger partial charge in [0, 0.05) is 19.3 Å². The Morgan fingerprint density at radius 1 is 1.19 bits per heavy atom. The Labute approximate surface area is 163 Å². The third-order valence-electron chi connectivity index (χ3n) is 4.44. The zero-order valence-electron chi connectivity index (χ0n) is 17.0. The van der Waals surface area contributed by atoms with Crippen LogP contribution < -0.4 is 10.6 Å². The zero-order chi connectivity index (χ0) is 20.3. The van der Waals surface area contributed by atoms with E-state index in [2.05, 4.69) is 29.5 Å². The fourth-order valence-corrected chi connectivity index (χ4v) is 3.70. The Balaban J connectivity index is 2.86. The molecule has 0 aliphatic rings. The molecule has 5 nitrogen and oxygen atoms in total. The number of aliphatic imine (C=N–C) groups is 1. The first-order valence-corrected chi connectivity index (χ1v) is 11.8. The highest BCUT2D eigenvalue weighted by molar-refractivity contribution is 7.89. The first-order chi connectivity index (χ1) is 12.8. The second-order valence-electron chi connectivity index (χ2n) is 6.98. The largest absolute Gasteiger partial charge is 0.357 e. The minimum atomic E-state index is -3.20. The zero-order valence-corrected chi connectivity index (χ0v) is 17.8. The van der Waals surface area contributed by atoms with Crippen molar-refractivity contribution in [2.45, 2.75) is 58.8 Å². The summed E-state index contributed by atoms with van der Waals surface area (Å²) in [5.74, 6) is 0.753. The van der Waals surface area contributed by atoms with E-state index < -0.39 is 9.84 Å². The van der Waals surface area contributed by atoms with E-state index in [1.807, 2.05) is 6.92 Å². The van der Waals surface area contributed by atoms with Crippen LogP contribution in [0.5, 0.6) is 0 Å². The van der Waals surface area contributed by atoms with Crippen molar-refractivity contribution in [2.24, 2.45) is 10.9 Å². The summed E-state index contributed by atoms with van der Waals surface area (Å²) in [6.07, 6.45) is 5.87. The lowest BCUT2D eigenvalue weighted by Crippen LogP contribution is -2.39. The van der Waals surface area contributed by atoms with Gasteiger partial charge in [0.25, 0.3) is 0 Å². The molecule has 0 saturated heterocycles. The van der Waals surface area contributed by atoms with Gasteiger partial charge in [0.15, 0.2) is 15.8 Å². The van der Waals surface area contributed by atoms with Crippen molar-refractivity contribution in [1.29, 1.82) is 0 Å². The molecule has 0 radical (unpaired) electrons. The third-order valence-corrected chi connectivity index (χ3v) is 5.27. The Bertz CT molecular complexity index is 705. The minimum absolute atomic E-state index is 0.114. The van der Waals surface area contributed by atoms with Gasteiger partial charge in [0.1, 0.15) is 5.82 Å².